The minimum absolute atomic E-state index is 0.134. The molecule has 0 bridgehead atoms. The Hall–Kier alpha value is -1.32. The topological polar surface area (TPSA) is 68.8 Å². The average molecular weight is 111 g/mol. The van der Waals surface area contributed by atoms with Gasteiger partial charge in [0.05, 0.1) is 0 Å². The van der Waals surface area contributed by atoms with Gasteiger partial charge in [0, 0.05) is 12.4 Å². The number of aromatic carboxylic acids is 1. The number of carboxylic acid groups (broad SMARTS) is 1. The van der Waals surface area contributed by atoms with Crippen LogP contribution in [0.4, 0.5) is 0 Å². The first kappa shape index (κ1) is 4.83. The minimum Gasteiger partial charge on any atom is -0.542 e. The number of nitrogens with zero attached hydrogens (tertiary/aromatic N) is 1. The van der Waals surface area contributed by atoms with E-state index < -0.39 is 5.97 Å². The Kier molecular flexibility index (Phi) is 0.997. The van der Waals surface area contributed by atoms with E-state index in [-0.39, 0.29) is 5.82 Å². The van der Waals surface area contributed by atoms with Gasteiger partial charge in [-0.25, -0.2) is 4.98 Å². The lowest BCUT2D eigenvalue weighted by Crippen LogP contribution is -2.23. The molecule has 8 heavy (non-hydrogen) atoms. The minimum atomic E-state index is -1.28. The van der Waals surface area contributed by atoms with Gasteiger partial charge in [-0.05, 0) is 0 Å². The van der Waals surface area contributed by atoms with Crippen LogP contribution < -0.4 is 5.11 Å². The van der Waals surface area contributed by atoms with Gasteiger partial charge in [-0.1, -0.05) is 0 Å². The first-order chi connectivity index (χ1) is 3.80. The van der Waals surface area contributed by atoms with Gasteiger partial charge >= 0.3 is 0 Å². The molecule has 0 saturated carbocycles. The summed E-state index contributed by atoms with van der Waals surface area (Å²) in [6.45, 7) is 0. The molecule has 1 aromatic heterocycles. The maximum atomic E-state index is 9.86. The third kappa shape index (κ3) is 0.676. The molecule has 1 N–H and O–H groups in total. The van der Waals surface area contributed by atoms with Crippen molar-refractivity contribution < 1.29 is 9.90 Å². The molecule has 1 rings (SSSR count). The molecule has 0 unspecified atom stereocenters. The van der Waals surface area contributed by atoms with E-state index in [0.29, 0.717) is 0 Å². The number of aromatic nitrogens is 2. The molecule has 4 heteroatoms. The van der Waals surface area contributed by atoms with Gasteiger partial charge in [-0.3, -0.25) is 0 Å². The summed E-state index contributed by atoms with van der Waals surface area (Å²) in [5.74, 6) is -1.42. The Labute approximate surface area is 45.2 Å². The van der Waals surface area contributed by atoms with Crippen LogP contribution in [0.5, 0.6) is 0 Å². The predicted molar refractivity (Wildman–Crippen MR) is 22.9 cm³/mol. The van der Waals surface area contributed by atoms with Crippen LogP contribution in [-0.4, -0.2) is 15.9 Å². The molecule has 0 spiro atoms. The lowest BCUT2D eigenvalue weighted by molar-refractivity contribution is -0.256. The largest absolute Gasteiger partial charge is 0.542 e. The summed E-state index contributed by atoms with van der Waals surface area (Å²) in [4.78, 5) is 15.6. The van der Waals surface area contributed by atoms with Crippen molar-refractivity contribution in [3.05, 3.63) is 18.2 Å². The monoisotopic (exact) mass is 111 g/mol. The van der Waals surface area contributed by atoms with Crippen molar-refractivity contribution in [1.82, 2.24) is 9.97 Å². The van der Waals surface area contributed by atoms with E-state index in [1.165, 1.54) is 12.4 Å². The molecule has 1 aromatic rings. The molecule has 0 radical (unpaired) electrons. The number of nitrogens with one attached hydrogen (secondary N) is 1. The van der Waals surface area contributed by atoms with Crippen LogP contribution in [0.3, 0.4) is 0 Å². The molecule has 0 saturated heterocycles. The second kappa shape index (κ2) is 1.65. The van der Waals surface area contributed by atoms with Gasteiger partial charge in [0.1, 0.15) is 5.97 Å². The Morgan fingerprint density at radius 3 is 2.88 bits per heavy atom. The first-order valence-electron chi connectivity index (χ1n) is 2.01. The zero-order chi connectivity index (χ0) is 5.98. The normalized spacial score (nSPS) is 9.00. The fourth-order valence-electron chi connectivity index (χ4n) is 0.377. The quantitative estimate of drug-likeness (QED) is 0.493. The smallest absolute Gasteiger partial charge is 0.152 e. The molecular formula is C4H3N2O2-. The lowest BCUT2D eigenvalue weighted by atomic mass is 10.7. The Bertz CT molecular complexity index is 180. The molecule has 0 fully saturated rings. The Morgan fingerprint density at radius 2 is 2.62 bits per heavy atom. The van der Waals surface area contributed by atoms with Gasteiger partial charge in [-0.2, -0.15) is 0 Å². The molecule has 0 aliphatic carbocycles. The predicted octanol–water partition coefficient (Wildman–Crippen LogP) is -1.23. The average Bonchev–Trinajstić information content (AvgIpc) is 2.12. The van der Waals surface area contributed by atoms with Crippen LogP contribution >= 0.6 is 0 Å². The van der Waals surface area contributed by atoms with Crippen molar-refractivity contribution in [2.45, 2.75) is 0 Å². The number of rotatable bonds is 1. The third-order valence-corrected chi connectivity index (χ3v) is 0.692. The number of H-pyrrole nitrogens is 1. The van der Waals surface area contributed by atoms with Crippen molar-refractivity contribution in [2.24, 2.45) is 0 Å². The van der Waals surface area contributed by atoms with E-state index in [1.54, 1.807) is 0 Å². The lowest BCUT2D eigenvalue weighted by Gasteiger charge is -1.91. The molecular weight excluding hydrogens is 108 g/mol. The van der Waals surface area contributed by atoms with Crippen LogP contribution in [0.1, 0.15) is 10.6 Å². The summed E-state index contributed by atoms with van der Waals surface area (Å²) < 4.78 is 0. The van der Waals surface area contributed by atoms with Crippen LogP contribution in [0.15, 0.2) is 12.4 Å². The van der Waals surface area contributed by atoms with E-state index in [0.717, 1.165) is 0 Å². The van der Waals surface area contributed by atoms with E-state index in [2.05, 4.69) is 9.97 Å². The molecule has 0 atom stereocenters. The Balaban J connectivity index is 2.93. The summed E-state index contributed by atoms with van der Waals surface area (Å²) in [7, 11) is 0. The van der Waals surface area contributed by atoms with Gasteiger partial charge in [0.25, 0.3) is 0 Å². The standard InChI is InChI=1S/C4H4N2O2/c7-4(8)3-5-1-2-6-3/h1-2H,(H,5,6)(H,7,8)/p-1. The number of carboxylic acids is 1. The number of imidazole rings is 1. The summed E-state index contributed by atoms with van der Waals surface area (Å²) in [6, 6.07) is 0. The van der Waals surface area contributed by atoms with Gasteiger partial charge in [-0.15, -0.1) is 0 Å². The van der Waals surface area contributed by atoms with Gasteiger partial charge < -0.3 is 14.9 Å². The van der Waals surface area contributed by atoms with E-state index >= 15 is 0 Å². The highest BCUT2D eigenvalue weighted by Crippen LogP contribution is 1.81. The maximum Gasteiger partial charge on any atom is 0.152 e. The highest BCUT2D eigenvalue weighted by molar-refractivity contribution is 5.80. The van der Waals surface area contributed by atoms with E-state index in [1.807, 2.05) is 0 Å². The summed E-state index contributed by atoms with van der Waals surface area (Å²) in [6.07, 6.45) is 2.77. The highest BCUT2D eigenvalue weighted by Gasteiger charge is 1.89. The van der Waals surface area contributed by atoms with Crippen molar-refractivity contribution in [2.75, 3.05) is 0 Å². The zero-order valence-electron chi connectivity index (χ0n) is 3.92. The van der Waals surface area contributed by atoms with Crippen LogP contribution in [0.25, 0.3) is 0 Å². The molecule has 1 heterocycles. The number of hydrogen-bond acceptors (Lipinski definition) is 3. The number of carbonyl (C=O) groups is 1. The van der Waals surface area contributed by atoms with Crippen molar-refractivity contribution in [3.63, 3.8) is 0 Å². The SMILES string of the molecule is O=C([O-])c1ncc[nH]1. The van der Waals surface area contributed by atoms with Crippen molar-refractivity contribution >= 4 is 5.97 Å². The summed E-state index contributed by atoms with van der Waals surface area (Å²) >= 11 is 0. The van der Waals surface area contributed by atoms with Crippen molar-refractivity contribution in [1.29, 1.82) is 0 Å². The molecule has 4 nitrogen and oxygen atoms in total. The summed E-state index contributed by atoms with van der Waals surface area (Å²) in [5.41, 5.74) is 0. The zero-order valence-corrected chi connectivity index (χ0v) is 3.92. The van der Waals surface area contributed by atoms with Gasteiger partial charge in [0.15, 0.2) is 5.82 Å². The number of aromatic amines is 1. The maximum absolute atomic E-state index is 9.86. The summed E-state index contributed by atoms with van der Waals surface area (Å²) in [5, 5.41) is 9.86. The molecule has 0 amide bonds. The van der Waals surface area contributed by atoms with Crippen LogP contribution in [-0.2, 0) is 0 Å². The molecule has 0 aliphatic heterocycles. The molecule has 0 aliphatic rings. The number of hydrogen-bond donors (Lipinski definition) is 1. The fraction of sp³-hybridized carbons (Fsp3) is 0. The fourth-order valence-corrected chi connectivity index (χ4v) is 0.377. The third-order valence-electron chi connectivity index (χ3n) is 0.692. The number of carbonyl (C=O) groups excluding carboxylic acids is 1. The molecule has 42 valence electrons. The second-order valence-corrected chi connectivity index (χ2v) is 1.23. The van der Waals surface area contributed by atoms with Gasteiger partial charge in [0.2, 0.25) is 0 Å². The van der Waals surface area contributed by atoms with Crippen molar-refractivity contribution in [3.8, 4) is 0 Å². The van der Waals surface area contributed by atoms with E-state index in [4.69, 9.17) is 0 Å². The van der Waals surface area contributed by atoms with Crippen LogP contribution in [0, 0.1) is 0 Å². The van der Waals surface area contributed by atoms with Crippen LogP contribution in [0.2, 0.25) is 0 Å². The Morgan fingerprint density at radius 1 is 1.88 bits per heavy atom. The van der Waals surface area contributed by atoms with E-state index in [9.17, 15) is 9.90 Å². The first-order valence-corrected chi connectivity index (χ1v) is 2.01. The molecule has 0 aromatic carbocycles. The highest BCUT2D eigenvalue weighted by atomic mass is 16.4. The second-order valence-electron chi connectivity index (χ2n) is 1.23.